The van der Waals surface area contributed by atoms with E-state index in [0.717, 1.165) is 5.69 Å². The Labute approximate surface area is 112 Å². The molecule has 0 aliphatic carbocycles. The van der Waals surface area contributed by atoms with E-state index in [2.05, 4.69) is 5.32 Å². The van der Waals surface area contributed by atoms with Crippen molar-refractivity contribution in [3.63, 3.8) is 0 Å². The second-order valence-corrected chi connectivity index (χ2v) is 4.21. The summed E-state index contributed by atoms with van der Waals surface area (Å²) in [6.45, 7) is 1.13. The number of amidine groups is 1. The number of methoxy groups -OCH3 is 2. The zero-order valence-electron chi connectivity index (χ0n) is 10.5. The molecule has 1 aromatic rings. The Morgan fingerprint density at radius 3 is 2.72 bits per heavy atom. The molecule has 0 fully saturated rings. The van der Waals surface area contributed by atoms with Crippen molar-refractivity contribution >= 4 is 23.1 Å². The standard InChI is InChI=1S/C12H18ClN3O2/c1-17-7-9(18-2)6-16-8-3-4-10(12(14)15)11(13)5-8/h3-5,9,16H,6-7H2,1-2H3,(H3,14,15). The molecule has 0 aliphatic heterocycles. The van der Waals surface area contributed by atoms with Gasteiger partial charge in [0.05, 0.1) is 17.7 Å². The van der Waals surface area contributed by atoms with Crippen molar-refractivity contribution < 1.29 is 9.47 Å². The Morgan fingerprint density at radius 1 is 1.50 bits per heavy atom. The number of hydrogen-bond donors (Lipinski definition) is 3. The SMILES string of the molecule is COCC(CNc1ccc(C(=N)N)c(Cl)c1)OC. The number of nitrogens with two attached hydrogens (primary N) is 1. The average molecular weight is 272 g/mol. The first kappa shape index (κ1) is 14.8. The summed E-state index contributed by atoms with van der Waals surface area (Å²) >= 11 is 6.02. The van der Waals surface area contributed by atoms with Gasteiger partial charge < -0.3 is 20.5 Å². The van der Waals surface area contributed by atoms with Crippen LogP contribution in [0.2, 0.25) is 5.02 Å². The summed E-state index contributed by atoms with van der Waals surface area (Å²) in [7, 11) is 3.27. The number of anilines is 1. The summed E-state index contributed by atoms with van der Waals surface area (Å²) in [4.78, 5) is 0. The van der Waals surface area contributed by atoms with Crippen LogP contribution in [0.1, 0.15) is 5.56 Å². The molecule has 0 bridgehead atoms. The van der Waals surface area contributed by atoms with Crippen LogP contribution in [0.4, 0.5) is 5.69 Å². The van der Waals surface area contributed by atoms with Crippen LogP contribution in [0.5, 0.6) is 0 Å². The molecular formula is C12H18ClN3O2. The highest BCUT2D eigenvalue weighted by molar-refractivity contribution is 6.34. The minimum Gasteiger partial charge on any atom is -0.384 e. The van der Waals surface area contributed by atoms with Crippen LogP contribution >= 0.6 is 11.6 Å². The van der Waals surface area contributed by atoms with Crippen molar-refractivity contribution in [2.24, 2.45) is 5.73 Å². The predicted octanol–water partition coefficient (Wildman–Crippen LogP) is 1.70. The molecule has 0 amide bonds. The lowest BCUT2D eigenvalue weighted by Gasteiger charge is -2.16. The number of nitrogens with one attached hydrogen (secondary N) is 2. The lowest BCUT2D eigenvalue weighted by Crippen LogP contribution is -2.26. The van der Waals surface area contributed by atoms with E-state index >= 15 is 0 Å². The Balaban J connectivity index is 2.63. The zero-order chi connectivity index (χ0) is 13.5. The van der Waals surface area contributed by atoms with Crippen LogP contribution in [-0.4, -0.2) is 39.3 Å². The normalized spacial score (nSPS) is 12.2. The fourth-order valence-corrected chi connectivity index (χ4v) is 1.75. The largest absolute Gasteiger partial charge is 0.384 e. The minimum atomic E-state index is -0.0410. The molecule has 4 N–H and O–H groups in total. The van der Waals surface area contributed by atoms with Gasteiger partial charge in [0.2, 0.25) is 0 Å². The van der Waals surface area contributed by atoms with Gasteiger partial charge in [-0.25, -0.2) is 0 Å². The number of nitrogen functional groups attached to an aromatic ring is 1. The molecule has 0 radical (unpaired) electrons. The molecule has 0 spiro atoms. The van der Waals surface area contributed by atoms with Gasteiger partial charge in [0.25, 0.3) is 0 Å². The lowest BCUT2D eigenvalue weighted by atomic mass is 10.2. The van der Waals surface area contributed by atoms with Gasteiger partial charge in [-0.05, 0) is 18.2 Å². The molecule has 1 unspecified atom stereocenters. The molecule has 0 saturated heterocycles. The molecule has 0 aliphatic rings. The van der Waals surface area contributed by atoms with E-state index in [9.17, 15) is 0 Å². The summed E-state index contributed by atoms with van der Waals surface area (Å²) in [5.41, 5.74) is 6.77. The van der Waals surface area contributed by atoms with Crippen LogP contribution in [0, 0.1) is 5.41 Å². The van der Waals surface area contributed by atoms with E-state index in [0.29, 0.717) is 23.7 Å². The van der Waals surface area contributed by atoms with E-state index < -0.39 is 0 Å². The Morgan fingerprint density at radius 2 is 2.22 bits per heavy atom. The summed E-state index contributed by atoms with van der Waals surface area (Å²) in [5.74, 6) is -0.0410. The fourth-order valence-electron chi connectivity index (χ4n) is 1.47. The van der Waals surface area contributed by atoms with Crippen molar-refractivity contribution in [3.8, 4) is 0 Å². The summed E-state index contributed by atoms with van der Waals surface area (Å²) in [6, 6.07) is 5.27. The second kappa shape index (κ2) is 7.20. The summed E-state index contributed by atoms with van der Waals surface area (Å²) in [5, 5.41) is 11.0. The monoisotopic (exact) mass is 271 g/mol. The van der Waals surface area contributed by atoms with Gasteiger partial charge in [0.15, 0.2) is 0 Å². The minimum absolute atomic E-state index is 0.0266. The third kappa shape index (κ3) is 4.18. The number of benzene rings is 1. The quantitative estimate of drug-likeness (QED) is 0.521. The molecule has 1 rings (SSSR count). The topological polar surface area (TPSA) is 80.4 Å². The van der Waals surface area contributed by atoms with Gasteiger partial charge in [-0.15, -0.1) is 0 Å². The van der Waals surface area contributed by atoms with Gasteiger partial charge in [0.1, 0.15) is 5.84 Å². The third-order valence-electron chi connectivity index (χ3n) is 2.48. The molecule has 1 aromatic carbocycles. The first-order chi connectivity index (χ1) is 8.58. The maximum Gasteiger partial charge on any atom is 0.124 e. The zero-order valence-corrected chi connectivity index (χ0v) is 11.3. The van der Waals surface area contributed by atoms with E-state index in [1.807, 2.05) is 6.07 Å². The molecule has 5 nitrogen and oxygen atoms in total. The molecule has 1 atom stereocenters. The maximum atomic E-state index is 7.34. The molecule has 0 aromatic heterocycles. The van der Waals surface area contributed by atoms with Crippen LogP contribution in [-0.2, 0) is 9.47 Å². The summed E-state index contributed by atoms with van der Waals surface area (Å²) < 4.78 is 10.3. The van der Waals surface area contributed by atoms with Crippen molar-refractivity contribution in [2.45, 2.75) is 6.10 Å². The Bertz CT molecular complexity index is 412. The fraction of sp³-hybridized carbons (Fsp3) is 0.417. The van der Waals surface area contributed by atoms with Crippen molar-refractivity contribution in [1.82, 2.24) is 0 Å². The molecule has 100 valence electrons. The highest BCUT2D eigenvalue weighted by atomic mass is 35.5. The Hall–Kier alpha value is -1.30. The highest BCUT2D eigenvalue weighted by Crippen LogP contribution is 2.20. The van der Waals surface area contributed by atoms with Gasteiger partial charge in [0, 0.05) is 32.0 Å². The predicted molar refractivity (Wildman–Crippen MR) is 73.6 cm³/mol. The van der Waals surface area contributed by atoms with Gasteiger partial charge in [-0.2, -0.15) is 0 Å². The molecule has 18 heavy (non-hydrogen) atoms. The number of rotatable bonds is 7. The van der Waals surface area contributed by atoms with E-state index in [4.69, 9.17) is 32.2 Å². The van der Waals surface area contributed by atoms with E-state index in [1.54, 1.807) is 26.4 Å². The van der Waals surface area contributed by atoms with Gasteiger partial charge >= 0.3 is 0 Å². The highest BCUT2D eigenvalue weighted by Gasteiger charge is 2.08. The van der Waals surface area contributed by atoms with E-state index in [1.165, 1.54) is 0 Å². The molecule has 6 heteroatoms. The molecule has 0 saturated carbocycles. The summed E-state index contributed by atoms with van der Waals surface area (Å²) in [6.07, 6.45) is -0.0266. The van der Waals surface area contributed by atoms with Crippen molar-refractivity contribution in [1.29, 1.82) is 5.41 Å². The van der Waals surface area contributed by atoms with Crippen LogP contribution < -0.4 is 11.1 Å². The first-order valence-corrected chi connectivity index (χ1v) is 5.85. The number of halogens is 1. The van der Waals surface area contributed by atoms with Crippen LogP contribution in [0.25, 0.3) is 0 Å². The molecular weight excluding hydrogens is 254 g/mol. The first-order valence-electron chi connectivity index (χ1n) is 5.48. The van der Waals surface area contributed by atoms with E-state index in [-0.39, 0.29) is 11.9 Å². The smallest absolute Gasteiger partial charge is 0.124 e. The van der Waals surface area contributed by atoms with Crippen LogP contribution in [0.15, 0.2) is 18.2 Å². The maximum absolute atomic E-state index is 7.34. The molecule has 0 heterocycles. The lowest BCUT2D eigenvalue weighted by molar-refractivity contribution is 0.0365. The Kier molecular flexibility index (Phi) is 5.91. The van der Waals surface area contributed by atoms with Crippen molar-refractivity contribution in [3.05, 3.63) is 28.8 Å². The number of hydrogen-bond acceptors (Lipinski definition) is 4. The van der Waals surface area contributed by atoms with Gasteiger partial charge in [-0.1, -0.05) is 11.6 Å². The average Bonchev–Trinajstić information content (AvgIpc) is 2.34. The van der Waals surface area contributed by atoms with Crippen molar-refractivity contribution in [2.75, 3.05) is 32.7 Å². The third-order valence-corrected chi connectivity index (χ3v) is 2.79. The number of ether oxygens (including phenoxy) is 2. The second-order valence-electron chi connectivity index (χ2n) is 3.80. The van der Waals surface area contributed by atoms with Crippen LogP contribution in [0.3, 0.4) is 0 Å². The van der Waals surface area contributed by atoms with Gasteiger partial charge in [-0.3, -0.25) is 5.41 Å².